The van der Waals surface area contributed by atoms with Crippen molar-refractivity contribution < 1.29 is 0 Å². The summed E-state index contributed by atoms with van der Waals surface area (Å²) in [6, 6.07) is 8.68. The van der Waals surface area contributed by atoms with E-state index in [1.54, 1.807) is 19.3 Å². The van der Waals surface area contributed by atoms with E-state index < -0.39 is 0 Å². The minimum Gasteiger partial charge on any atom is -0.361 e. The fourth-order valence-corrected chi connectivity index (χ4v) is 6.46. The molecule has 2 heteroatoms. The third-order valence-corrected chi connectivity index (χ3v) is 7.09. The molecule has 4 bridgehead atoms. The van der Waals surface area contributed by atoms with Gasteiger partial charge in [-0.05, 0) is 93.7 Å². The summed E-state index contributed by atoms with van der Waals surface area (Å²) in [7, 11) is 0. The van der Waals surface area contributed by atoms with Gasteiger partial charge >= 0.3 is 0 Å². The van der Waals surface area contributed by atoms with Crippen LogP contribution < -0.4 is 5.32 Å². The number of H-pyrrole nitrogens is 1. The van der Waals surface area contributed by atoms with Gasteiger partial charge in [0.05, 0.1) is 0 Å². The lowest BCUT2D eigenvalue weighted by Crippen LogP contribution is -2.58. The normalized spacial score (nSPS) is 34.2. The Kier molecular flexibility index (Phi) is 3.70. The number of benzene rings is 1. The molecule has 4 fully saturated rings. The van der Waals surface area contributed by atoms with E-state index >= 15 is 0 Å². The van der Waals surface area contributed by atoms with Gasteiger partial charge in [0.25, 0.3) is 0 Å². The first-order valence-electron chi connectivity index (χ1n) is 10.1. The molecule has 0 spiro atoms. The molecule has 4 saturated carbocycles. The Morgan fingerprint density at radius 3 is 2.42 bits per heavy atom. The SMILES string of the molecule is c1ccc2c(CCCCNC34CC5CC(CC(C5)C3)C4)c[nH]c2c1. The molecule has 128 valence electrons. The summed E-state index contributed by atoms with van der Waals surface area (Å²) in [6.07, 6.45) is 15.1. The Morgan fingerprint density at radius 2 is 1.67 bits per heavy atom. The van der Waals surface area contributed by atoms with Crippen LogP contribution in [0.2, 0.25) is 0 Å². The lowest BCUT2D eigenvalue weighted by molar-refractivity contribution is -0.0195. The second-order valence-corrected chi connectivity index (χ2v) is 8.94. The van der Waals surface area contributed by atoms with Gasteiger partial charge in [-0.1, -0.05) is 18.2 Å². The molecule has 0 unspecified atom stereocenters. The van der Waals surface area contributed by atoms with Crippen molar-refractivity contribution >= 4 is 10.9 Å². The molecule has 4 aliphatic rings. The fourth-order valence-electron chi connectivity index (χ4n) is 6.46. The predicted octanol–water partition coefficient (Wildman–Crippen LogP) is 5.05. The Morgan fingerprint density at radius 1 is 0.958 bits per heavy atom. The minimum absolute atomic E-state index is 0.537. The van der Waals surface area contributed by atoms with E-state index in [2.05, 4.69) is 40.8 Å². The number of unbranched alkanes of at least 4 members (excludes halogenated alkanes) is 1. The van der Waals surface area contributed by atoms with E-state index in [4.69, 9.17) is 0 Å². The van der Waals surface area contributed by atoms with Crippen molar-refractivity contribution in [2.75, 3.05) is 6.54 Å². The van der Waals surface area contributed by atoms with Crippen LogP contribution in [0.1, 0.15) is 56.9 Å². The van der Waals surface area contributed by atoms with Crippen LogP contribution in [0.25, 0.3) is 10.9 Å². The maximum absolute atomic E-state index is 4.04. The smallest absolute Gasteiger partial charge is 0.0456 e. The van der Waals surface area contributed by atoms with Crippen LogP contribution in [0.4, 0.5) is 0 Å². The number of nitrogens with one attached hydrogen (secondary N) is 2. The van der Waals surface area contributed by atoms with Gasteiger partial charge in [-0.25, -0.2) is 0 Å². The number of hydrogen-bond donors (Lipinski definition) is 2. The van der Waals surface area contributed by atoms with Crippen LogP contribution in [0.3, 0.4) is 0 Å². The van der Waals surface area contributed by atoms with Gasteiger partial charge in [-0.2, -0.15) is 0 Å². The van der Waals surface area contributed by atoms with Gasteiger partial charge in [-0.3, -0.25) is 0 Å². The number of aromatic amines is 1. The van der Waals surface area contributed by atoms with Crippen molar-refractivity contribution in [3.63, 3.8) is 0 Å². The highest BCUT2D eigenvalue weighted by atomic mass is 15.0. The third kappa shape index (κ3) is 2.69. The Bertz CT molecular complexity index is 678. The van der Waals surface area contributed by atoms with Crippen molar-refractivity contribution in [1.82, 2.24) is 10.3 Å². The Labute approximate surface area is 145 Å². The van der Waals surface area contributed by atoms with Crippen molar-refractivity contribution in [3.8, 4) is 0 Å². The lowest BCUT2D eigenvalue weighted by atomic mass is 9.53. The molecular formula is C22H30N2. The average molecular weight is 322 g/mol. The number of rotatable bonds is 6. The van der Waals surface area contributed by atoms with E-state index in [1.807, 2.05) is 0 Å². The molecule has 2 aromatic rings. The van der Waals surface area contributed by atoms with Gasteiger partial charge in [0.2, 0.25) is 0 Å². The summed E-state index contributed by atoms with van der Waals surface area (Å²) in [6.45, 7) is 1.22. The Hall–Kier alpha value is -1.28. The summed E-state index contributed by atoms with van der Waals surface area (Å²) >= 11 is 0. The summed E-state index contributed by atoms with van der Waals surface area (Å²) < 4.78 is 0. The number of fused-ring (bicyclic) bond motifs is 1. The molecule has 4 aliphatic carbocycles. The number of para-hydroxylation sites is 1. The first-order valence-corrected chi connectivity index (χ1v) is 10.1. The Balaban J connectivity index is 1.13. The average Bonchev–Trinajstić information content (AvgIpc) is 2.97. The largest absolute Gasteiger partial charge is 0.361 e. The zero-order valence-corrected chi connectivity index (χ0v) is 14.7. The minimum atomic E-state index is 0.537. The quantitative estimate of drug-likeness (QED) is 0.716. The standard InChI is InChI=1S/C22H30N2/c1-2-7-21-20(6-1)19(15-23-21)5-3-4-8-24-22-12-16-9-17(13-22)11-18(10-16)14-22/h1-2,6-7,15-18,23-24H,3-5,8-14H2. The van der Waals surface area contributed by atoms with E-state index in [1.165, 1.54) is 61.5 Å². The summed E-state index contributed by atoms with van der Waals surface area (Å²) in [4.78, 5) is 3.40. The number of hydrogen-bond acceptors (Lipinski definition) is 1. The van der Waals surface area contributed by atoms with Gasteiger partial charge < -0.3 is 10.3 Å². The predicted molar refractivity (Wildman–Crippen MR) is 100 cm³/mol. The molecular weight excluding hydrogens is 292 g/mol. The second-order valence-electron chi connectivity index (χ2n) is 8.94. The van der Waals surface area contributed by atoms with Gasteiger partial charge in [0.1, 0.15) is 0 Å². The maximum Gasteiger partial charge on any atom is 0.0456 e. The molecule has 1 heterocycles. The summed E-state index contributed by atoms with van der Waals surface area (Å²) in [5.74, 6) is 3.15. The molecule has 1 aromatic heterocycles. The van der Waals surface area contributed by atoms with Gasteiger partial charge in [0.15, 0.2) is 0 Å². The zero-order chi connectivity index (χ0) is 16.0. The molecule has 24 heavy (non-hydrogen) atoms. The molecule has 0 radical (unpaired) electrons. The van der Waals surface area contributed by atoms with Crippen LogP contribution in [-0.2, 0) is 6.42 Å². The number of aryl methyl sites for hydroxylation is 1. The van der Waals surface area contributed by atoms with Crippen molar-refractivity contribution in [3.05, 3.63) is 36.0 Å². The fraction of sp³-hybridized carbons (Fsp3) is 0.636. The van der Waals surface area contributed by atoms with E-state index in [0.717, 1.165) is 17.8 Å². The van der Waals surface area contributed by atoms with E-state index in [0.29, 0.717) is 5.54 Å². The number of aromatic nitrogens is 1. The second kappa shape index (κ2) is 5.91. The zero-order valence-electron chi connectivity index (χ0n) is 14.7. The molecule has 0 saturated heterocycles. The maximum atomic E-state index is 4.04. The first kappa shape index (κ1) is 15.0. The molecule has 0 amide bonds. The van der Waals surface area contributed by atoms with Gasteiger partial charge in [-0.15, -0.1) is 0 Å². The molecule has 6 rings (SSSR count). The first-order chi connectivity index (χ1) is 11.8. The van der Waals surface area contributed by atoms with Gasteiger partial charge in [0, 0.05) is 22.6 Å². The summed E-state index contributed by atoms with van der Waals surface area (Å²) in [5.41, 5.74) is 3.30. The van der Waals surface area contributed by atoms with Crippen molar-refractivity contribution in [2.24, 2.45) is 17.8 Å². The highest BCUT2D eigenvalue weighted by Crippen LogP contribution is 2.55. The van der Waals surface area contributed by atoms with E-state index in [9.17, 15) is 0 Å². The highest BCUT2D eigenvalue weighted by Gasteiger charge is 2.50. The van der Waals surface area contributed by atoms with Crippen molar-refractivity contribution in [2.45, 2.75) is 63.3 Å². The molecule has 2 nitrogen and oxygen atoms in total. The van der Waals surface area contributed by atoms with Crippen LogP contribution in [0.15, 0.2) is 30.5 Å². The van der Waals surface area contributed by atoms with Crippen molar-refractivity contribution in [1.29, 1.82) is 0 Å². The third-order valence-electron chi connectivity index (χ3n) is 7.09. The monoisotopic (exact) mass is 322 g/mol. The van der Waals surface area contributed by atoms with E-state index in [-0.39, 0.29) is 0 Å². The molecule has 2 N–H and O–H groups in total. The van der Waals surface area contributed by atoms with Crippen LogP contribution in [0, 0.1) is 17.8 Å². The van der Waals surface area contributed by atoms with Crippen LogP contribution >= 0.6 is 0 Å². The topological polar surface area (TPSA) is 27.8 Å². The molecule has 1 aromatic carbocycles. The highest BCUT2D eigenvalue weighted by molar-refractivity contribution is 5.82. The molecule has 0 atom stereocenters. The van der Waals surface area contributed by atoms with Crippen LogP contribution in [0.5, 0.6) is 0 Å². The van der Waals surface area contributed by atoms with Crippen LogP contribution in [-0.4, -0.2) is 17.1 Å². The summed E-state index contributed by atoms with van der Waals surface area (Å²) in [5, 5.41) is 5.45. The molecule has 0 aliphatic heterocycles. The lowest BCUT2D eigenvalue weighted by Gasteiger charge is -2.57.